The Morgan fingerprint density at radius 2 is 1.77 bits per heavy atom. The first-order valence-corrected chi connectivity index (χ1v) is 4.22. The van der Waals surface area contributed by atoms with Crippen molar-refractivity contribution in [1.29, 1.82) is 0 Å². The van der Waals surface area contributed by atoms with Crippen molar-refractivity contribution in [2.75, 3.05) is 0 Å². The number of aromatic hydroxyl groups is 2. The molecule has 0 aliphatic carbocycles. The summed E-state index contributed by atoms with van der Waals surface area (Å²) >= 11 is 0. The molecule has 0 saturated heterocycles. The number of benzene rings is 1. The van der Waals surface area contributed by atoms with Gasteiger partial charge in [-0.2, -0.15) is 0 Å². The molecule has 0 amide bonds. The van der Waals surface area contributed by atoms with E-state index in [2.05, 4.69) is 0 Å². The maximum Gasteiger partial charge on any atom is 0.162 e. The minimum Gasteiger partial charge on any atom is -0.504 e. The summed E-state index contributed by atoms with van der Waals surface area (Å²) in [5, 5.41) is 19.1. The molecule has 0 spiro atoms. The molecule has 13 heavy (non-hydrogen) atoms. The van der Waals surface area contributed by atoms with E-state index in [1.807, 2.05) is 6.92 Å². The van der Waals surface area contributed by atoms with Crippen molar-refractivity contribution in [3.63, 3.8) is 0 Å². The summed E-state index contributed by atoms with van der Waals surface area (Å²) in [6.07, 6.45) is 0. The fraction of sp³-hybridized carbons (Fsp3) is 0.400. The number of phenols is 2. The number of aryl methyl sites for hydroxylation is 1. The van der Waals surface area contributed by atoms with Crippen LogP contribution in [0.15, 0.2) is 6.07 Å². The van der Waals surface area contributed by atoms with Crippen LogP contribution in [-0.4, -0.2) is 10.2 Å². The van der Waals surface area contributed by atoms with E-state index in [1.165, 1.54) is 0 Å². The van der Waals surface area contributed by atoms with Gasteiger partial charge < -0.3 is 15.9 Å². The highest BCUT2D eigenvalue weighted by Gasteiger charge is 2.14. The summed E-state index contributed by atoms with van der Waals surface area (Å²) < 4.78 is 0. The first-order valence-electron chi connectivity index (χ1n) is 4.22. The van der Waals surface area contributed by atoms with Gasteiger partial charge in [0, 0.05) is 11.6 Å². The van der Waals surface area contributed by atoms with E-state index in [-0.39, 0.29) is 17.5 Å². The molecule has 3 nitrogen and oxygen atoms in total. The van der Waals surface area contributed by atoms with E-state index >= 15 is 0 Å². The predicted molar refractivity (Wildman–Crippen MR) is 51.8 cm³/mol. The van der Waals surface area contributed by atoms with Crippen LogP contribution in [0.4, 0.5) is 0 Å². The second-order valence-corrected chi connectivity index (χ2v) is 3.39. The Kier molecular flexibility index (Phi) is 2.48. The van der Waals surface area contributed by atoms with Crippen LogP contribution in [0.1, 0.15) is 29.7 Å². The Morgan fingerprint density at radius 1 is 1.23 bits per heavy atom. The average Bonchev–Trinajstić information content (AvgIpc) is 2.07. The largest absolute Gasteiger partial charge is 0.504 e. The molecule has 0 heterocycles. The molecular weight excluding hydrogens is 166 g/mol. The first-order chi connectivity index (χ1) is 5.95. The lowest BCUT2D eigenvalue weighted by molar-refractivity contribution is 0.394. The van der Waals surface area contributed by atoms with Gasteiger partial charge in [-0.05, 0) is 31.9 Å². The Balaban J connectivity index is 3.41. The first kappa shape index (κ1) is 9.86. The zero-order valence-corrected chi connectivity index (χ0v) is 8.13. The fourth-order valence-corrected chi connectivity index (χ4v) is 1.26. The zero-order chi connectivity index (χ0) is 10.2. The maximum atomic E-state index is 9.54. The van der Waals surface area contributed by atoms with Gasteiger partial charge >= 0.3 is 0 Å². The summed E-state index contributed by atoms with van der Waals surface area (Å²) in [5.41, 5.74) is 7.84. The number of nitrogens with two attached hydrogens (primary N) is 1. The number of phenolic OH excluding ortho intramolecular Hbond substituents is 2. The van der Waals surface area contributed by atoms with Crippen molar-refractivity contribution in [3.05, 3.63) is 22.8 Å². The lowest BCUT2D eigenvalue weighted by atomic mass is 10.00. The van der Waals surface area contributed by atoms with Crippen molar-refractivity contribution >= 4 is 0 Å². The van der Waals surface area contributed by atoms with Crippen LogP contribution < -0.4 is 5.73 Å². The molecule has 4 N–H and O–H groups in total. The standard InChI is InChI=1S/C10H15NO2/c1-5-4-8(7(3)11)10(13)9(12)6(5)2/h4,7,12-13H,11H2,1-3H3/t7-/m1/s1. The van der Waals surface area contributed by atoms with Gasteiger partial charge in [-0.15, -0.1) is 0 Å². The summed E-state index contributed by atoms with van der Waals surface area (Å²) in [5.74, 6) is -0.162. The van der Waals surface area contributed by atoms with Gasteiger partial charge in [-0.1, -0.05) is 6.07 Å². The summed E-state index contributed by atoms with van der Waals surface area (Å²) in [6.45, 7) is 5.40. The molecule has 1 aromatic carbocycles. The van der Waals surface area contributed by atoms with Gasteiger partial charge in [0.25, 0.3) is 0 Å². The lowest BCUT2D eigenvalue weighted by Crippen LogP contribution is -2.06. The van der Waals surface area contributed by atoms with Gasteiger partial charge in [0.1, 0.15) is 0 Å². The SMILES string of the molecule is Cc1cc([C@@H](C)N)c(O)c(O)c1C. The van der Waals surface area contributed by atoms with Crippen LogP contribution in [0.5, 0.6) is 11.5 Å². The third-order valence-corrected chi connectivity index (χ3v) is 2.31. The topological polar surface area (TPSA) is 66.5 Å². The lowest BCUT2D eigenvalue weighted by Gasteiger charge is -2.13. The molecule has 0 fully saturated rings. The minimum atomic E-state index is -0.273. The van der Waals surface area contributed by atoms with Gasteiger partial charge in [-0.25, -0.2) is 0 Å². The third-order valence-electron chi connectivity index (χ3n) is 2.31. The Morgan fingerprint density at radius 3 is 2.23 bits per heavy atom. The highest BCUT2D eigenvalue weighted by atomic mass is 16.3. The van der Waals surface area contributed by atoms with Crippen LogP contribution in [0.2, 0.25) is 0 Å². The summed E-state index contributed by atoms with van der Waals surface area (Å²) in [4.78, 5) is 0. The molecule has 0 unspecified atom stereocenters. The van der Waals surface area contributed by atoms with E-state index in [0.29, 0.717) is 11.1 Å². The Labute approximate surface area is 77.8 Å². The fourth-order valence-electron chi connectivity index (χ4n) is 1.26. The molecule has 0 bridgehead atoms. The maximum absolute atomic E-state index is 9.54. The van der Waals surface area contributed by atoms with E-state index in [1.54, 1.807) is 19.9 Å². The van der Waals surface area contributed by atoms with Crippen molar-refractivity contribution in [1.82, 2.24) is 0 Å². The van der Waals surface area contributed by atoms with Crippen molar-refractivity contribution < 1.29 is 10.2 Å². The second-order valence-electron chi connectivity index (χ2n) is 3.39. The summed E-state index contributed by atoms with van der Waals surface area (Å²) in [6, 6.07) is 1.53. The van der Waals surface area contributed by atoms with E-state index in [0.717, 1.165) is 5.56 Å². The quantitative estimate of drug-likeness (QED) is 0.578. The monoisotopic (exact) mass is 181 g/mol. The van der Waals surface area contributed by atoms with Gasteiger partial charge in [-0.3, -0.25) is 0 Å². The van der Waals surface area contributed by atoms with E-state index in [9.17, 15) is 10.2 Å². The molecule has 1 atom stereocenters. The molecular formula is C10H15NO2. The smallest absolute Gasteiger partial charge is 0.162 e. The molecule has 0 aromatic heterocycles. The van der Waals surface area contributed by atoms with Crippen LogP contribution in [-0.2, 0) is 0 Å². The zero-order valence-electron chi connectivity index (χ0n) is 8.13. The minimum absolute atomic E-state index is 0.0627. The molecule has 0 aliphatic heterocycles. The van der Waals surface area contributed by atoms with Crippen LogP contribution in [0.3, 0.4) is 0 Å². The highest BCUT2D eigenvalue weighted by Crippen LogP contribution is 2.36. The number of hydrogen-bond donors (Lipinski definition) is 3. The van der Waals surface area contributed by atoms with Crippen molar-refractivity contribution in [2.45, 2.75) is 26.8 Å². The van der Waals surface area contributed by atoms with Gasteiger partial charge in [0.2, 0.25) is 0 Å². The van der Waals surface area contributed by atoms with Crippen LogP contribution in [0, 0.1) is 13.8 Å². The normalized spacial score (nSPS) is 12.9. The van der Waals surface area contributed by atoms with E-state index in [4.69, 9.17) is 5.73 Å². The number of hydrogen-bond acceptors (Lipinski definition) is 3. The second kappa shape index (κ2) is 3.26. The molecule has 0 radical (unpaired) electrons. The van der Waals surface area contributed by atoms with Crippen LogP contribution >= 0.6 is 0 Å². The summed E-state index contributed by atoms with van der Waals surface area (Å²) in [7, 11) is 0. The predicted octanol–water partition coefficient (Wildman–Crippen LogP) is 1.73. The van der Waals surface area contributed by atoms with Crippen molar-refractivity contribution in [2.24, 2.45) is 5.73 Å². The van der Waals surface area contributed by atoms with Crippen LogP contribution in [0.25, 0.3) is 0 Å². The molecule has 0 saturated carbocycles. The van der Waals surface area contributed by atoms with Gasteiger partial charge in [0.15, 0.2) is 11.5 Å². The molecule has 1 rings (SSSR count). The third kappa shape index (κ3) is 1.60. The van der Waals surface area contributed by atoms with E-state index < -0.39 is 0 Å². The molecule has 3 heteroatoms. The Bertz CT molecular complexity index is 332. The average molecular weight is 181 g/mol. The molecule has 0 aliphatic rings. The van der Waals surface area contributed by atoms with Gasteiger partial charge in [0.05, 0.1) is 0 Å². The highest BCUT2D eigenvalue weighted by molar-refractivity contribution is 5.53. The molecule has 1 aromatic rings. The Hall–Kier alpha value is -1.22. The van der Waals surface area contributed by atoms with Crippen molar-refractivity contribution in [3.8, 4) is 11.5 Å². The number of rotatable bonds is 1. The molecule has 72 valence electrons.